The molecule has 1 aliphatic rings. The van der Waals surface area contributed by atoms with Gasteiger partial charge in [-0.15, -0.1) is 0 Å². The molecule has 4 atom stereocenters. The smallest absolute Gasteiger partial charge is 0.408 e. The van der Waals surface area contributed by atoms with Gasteiger partial charge in [0.05, 0.1) is 19.8 Å². The number of hydrogen-bond donors (Lipinski definition) is 0. The van der Waals surface area contributed by atoms with Gasteiger partial charge in [-0.1, -0.05) is 60.7 Å². The SMILES string of the molecule is CCOC(=O)C(F)(F)C1(OC(C)=O)O[C@H](COC(C)=O)[C@@H](OCc2ccccc2)[C@@H]1OCc1ccccc1. The third-order valence-corrected chi connectivity index (χ3v) is 5.64. The van der Waals surface area contributed by atoms with Crippen LogP contribution < -0.4 is 0 Å². The molecule has 2 aromatic carbocycles. The Labute approximate surface area is 218 Å². The van der Waals surface area contributed by atoms with Gasteiger partial charge in [-0.25, -0.2) is 4.79 Å². The maximum atomic E-state index is 15.9. The van der Waals surface area contributed by atoms with E-state index in [9.17, 15) is 14.4 Å². The minimum atomic E-state index is -4.53. The first-order valence-corrected chi connectivity index (χ1v) is 12.0. The van der Waals surface area contributed by atoms with Crippen molar-refractivity contribution in [3.8, 4) is 0 Å². The minimum absolute atomic E-state index is 0.0717. The lowest BCUT2D eigenvalue weighted by molar-refractivity contribution is -0.337. The van der Waals surface area contributed by atoms with Gasteiger partial charge >= 0.3 is 29.6 Å². The van der Waals surface area contributed by atoms with E-state index in [4.69, 9.17) is 23.7 Å². The molecule has 3 rings (SSSR count). The Kier molecular flexibility index (Phi) is 9.90. The second kappa shape index (κ2) is 12.9. The topological polar surface area (TPSA) is 107 Å². The summed E-state index contributed by atoms with van der Waals surface area (Å²) in [5.74, 6) is -11.7. The van der Waals surface area contributed by atoms with Gasteiger partial charge in [0.2, 0.25) is 0 Å². The molecule has 0 aliphatic carbocycles. The van der Waals surface area contributed by atoms with Crippen molar-refractivity contribution < 1.29 is 51.6 Å². The van der Waals surface area contributed by atoms with Crippen LogP contribution in [0.15, 0.2) is 60.7 Å². The number of carbonyl (C=O) groups excluding carboxylic acids is 3. The molecule has 9 nitrogen and oxygen atoms in total. The summed E-state index contributed by atoms with van der Waals surface area (Å²) in [5, 5.41) is 0. The quantitative estimate of drug-likeness (QED) is 0.297. The van der Waals surface area contributed by atoms with E-state index in [0.717, 1.165) is 13.8 Å². The maximum absolute atomic E-state index is 15.9. The van der Waals surface area contributed by atoms with Gasteiger partial charge in [-0.2, -0.15) is 8.78 Å². The van der Waals surface area contributed by atoms with Gasteiger partial charge in [0.1, 0.15) is 18.8 Å². The number of alkyl halides is 2. The van der Waals surface area contributed by atoms with E-state index in [-0.39, 0.29) is 19.8 Å². The number of esters is 3. The molecule has 0 saturated carbocycles. The van der Waals surface area contributed by atoms with Crippen LogP contribution in [0.25, 0.3) is 0 Å². The van der Waals surface area contributed by atoms with Gasteiger partial charge in [0, 0.05) is 13.8 Å². The zero-order valence-corrected chi connectivity index (χ0v) is 21.3. The van der Waals surface area contributed by atoms with Crippen LogP contribution in [0.3, 0.4) is 0 Å². The third kappa shape index (κ3) is 6.72. The molecule has 1 aliphatic heterocycles. The summed E-state index contributed by atoms with van der Waals surface area (Å²) in [6.07, 6.45) is -4.60. The molecule has 1 heterocycles. The average Bonchev–Trinajstić information content (AvgIpc) is 3.19. The third-order valence-electron chi connectivity index (χ3n) is 5.64. The summed E-state index contributed by atoms with van der Waals surface area (Å²) in [7, 11) is 0. The summed E-state index contributed by atoms with van der Waals surface area (Å²) in [5.41, 5.74) is 1.30. The van der Waals surface area contributed by atoms with Crippen LogP contribution in [-0.2, 0) is 56.0 Å². The lowest BCUT2D eigenvalue weighted by Crippen LogP contribution is -2.63. The van der Waals surface area contributed by atoms with E-state index in [0.29, 0.717) is 11.1 Å². The first-order valence-electron chi connectivity index (χ1n) is 12.0. The zero-order valence-electron chi connectivity index (χ0n) is 21.3. The summed E-state index contributed by atoms with van der Waals surface area (Å²) >= 11 is 0. The molecular weight excluding hydrogens is 506 g/mol. The van der Waals surface area contributed by atoms with E-state index in [1.54, 1.807) is 60.7 Å². The molecule has 0 amide bonds. The van der Waals surface area contributed by atoms with Crippen LogP contribution in [0.1, 0.15) is 31.9 Å². The van der Waals surface area contributed by atoms with Crippen LogP contribution in [0.4, 0.5) is 8.78 Å². The summed E-state index contributed by atoms with van der Waals surface area (Å²) in [4.78, 5) is 36.2. The number of halogens is 2. The summed E-state index contributed by atoms with van der Waals surface area (Å²) in [6, 6.07) is 17.4. The lowest BCUT2D eigenvalue weighted by atomic mass is 9.98. The maximum Gasteiger partial charge on any atom is 0.408 e. The number of rotatable bonds is 12. The first kappa shape index (κ1) is 29.2. The molecule has 38 heavy (non-hydrogen) atoms. The molecule has 1 unspecified atom stereocenters. The van der Waals surface area contributed by atoms with Crippen molar-refractivity contribution in [1.82, 2.24) is 0 Å². The Morgan fingerprint density at radius 3 is 1.92 bits per heavy atom. The fraction of sp³-hybridized carbons (Fsp3) is 0.444. The monoisotopic (exact) mass is 536 g/mol. The van der Waals surface area contributed by atoms with Crippen molar-refractivity contribution in [1.29, 1.82) is 0 Å². The highest BCUT2D eigenvalue weighted by Gasteiger charge is 2.76. The molecule has 2 aromatic rings. The van der Waals surface area contributed by atoms with Crippen molar-refractivity contribution in [2.24, 2.45) is 0 Å². The van der Waals surface area contributed by atoms with Gasteiger partial charge in [0.15, 0.2) is 6.10 Å². The normalized spacial score (nSPS) is 23.0. The number of ether oxygens (including phenoxy) is 6. The summed E-state index contributed by atoms with van der Waals surface area (Å²) < 4.78 is 64.0. The summed E-state index contributed by atoms with van der Waals surface area (Å²) in [6.45, 7) is 2.16. The van der Waals surface area contributed by atoms with Crippen molar-refractivity contribution in [2.75, 3.05) is 13.2 Å². The highest BCUT2D eigenvalue weighted by Crippen LogP contribution is 2.47. The van der Waals surface area contributed by atoms with Crippen molar-refractivity contribution in [2.45, 2.75) is 64.0 Å². The van der Waals surface area contributed by atoms with Crippen molar-refractivity contribution in [3.05, 3.63) is 71.8 Å². The van der Waals surface area contributed by atoms with Crippen LogP contribution in [0.5, 0.6) is 0 Å². The molecule has 0 spiro atoms. The Bertz CT molecular complexity index is 1080. The predicted octanol–water partition coefficient (Wildman–Crippen LogP) is 3.58. The Balaban J connectivity index is 2.07. The molecule has 0 radical (unpaired) electrons. The average molecular weight is 537 g/mol. The van der Waals surface area contributed by atoms with Crippen LogP contribution in [0, 0.1) is 0 Å². The molecule has 11 heteroatoms. The second-order valence-electron chi connectivity index (χ2n) is 8.49. The molecular formula is C27H30F2O9. The molecule has 1 fully saturated rings. The van der Waals surface area contributed by atoms with Crippen LogP contribution in [-0.4, -0.2) is 61.1 Å². The van der Waals surface area contributed by atoms with Crippen molar-refractivity contribution in [3.63, 3.8) is 0 Å². The minimum Gasteiger partial charge on any atom is -0.463 e. The van der Waals surface area contributed by atoms with Gasteiger partial charge in [0.25, 0.3) is 0 Å². The Hall–Kier alpha value is -3.41. The molecule has 0 N–H and O–H groups in total. The van der Waals surface area contributed by atoms with Gasteiger partial charge in [-0.05, 0) is 18.1 Å². The number of benzene rings is 2. The van der Waals surface area contributed by atoms with E-state index < -0.39 is 54.5 Å². The lowest BCUT2D eigenvalue weighted by Gasteiger charge is -2.38. The van der Waals surface area contributed by atoms with E-state index in [2.05, 4.69) is 4.74 Å². The van der Waals surface area contributed by atoms with Crippen molar-refractivity contribution >= 4 is 17.9 Å². The fourth-order valence-corrected chi connectivity index (χ4v) is 4.00. The highest BCUT2D eigenvalue weighted by atomic mass is 19.3. The Morgan fingerprint density at radius 1 is 0.868 bits per heavy atom. The predicted molar refractivity (Wildman–Crippen MR) is 128 cm³/mol. The van der Waals surface area contributed by atoms with Gasteiger partial charge < -0.3 is 28.4 Å². The Morgan fingerprint density at radius 2 is 1.42 bits per heavy atom. The van der Waals surface area contributed by atoms with E-state index >= 15 is 8.78 Å². The first-order chi connectivity index (χ1) is 18.1. The standard InChI is InChI=1S/C27H30F2O9/c1-4-33-25(32)26(28,29)27(37-19(3)31)24(36-16-21-13-9-6-10-14-21)23(22(38-27)17-34-18(2)30)35-15-20-11-7-5-8-12-20/h5-14,22-24H,4,15-17H2,1-3H3/t22-,23-,24+,27?/m1/s1. The second-order valence-corrected chi connectivity index (χ2v) is 8.49. The number of hydrogen-bond acceptors (Lipinski definition) is 9. The van der Waals surface area contributed by atoms with Crippen LogP contribution >= 0.6 is 0 Å². The van der Waals surface area contributed by atoms with E-state index in [1.165, 1.54) is 6.92 Å². The van der Waals surface area contributed by atoms with E-state index in [1.807, 2.05) is 0 Å². The fourth-order valence-electron chi connectivity index (χ4n) is 4.00. The molecule has 206 valence electrons. The van der Waals surface area contributed by atoms with Crippen LogP contribution in [0.2, 0.25) is 0 Å². The van der Waals surface area contributed by atoms with Gasteiger partial charge in [-0.3, -0.25) is 9.59 Å². The number of carbonyl (C=O) groups is 3. The highest BCUT2D eigenvalue weighted by molar-refractivity contribution is 5.80. The largest absolute Gasteiger partial charge is 0.463 e. The molecule has 1 saturated heterocycles. The molecule has 0 aromatic heterocycles. The molecule has 0 bridgehead atoms. The zero-order chi connectivity index (χ0) is 27.8.